The van der Waals surface area contributed by atoms with E-state index in [0.29, 0.717) is 18.7 Å². The van der Waals surface area contributed by atoms with Gasteiger partial charge in [-0.2, -0.15) is 5.10 Å². The van der Waals surface area contributed by atoms with E-state index in [2.05, 4.69) is 31.3 Å². The van der Waals surface area contributed by atoms with Crippen LogP contribution in [0.5, 0.6) is 0 Å². The van der Waals surface area contributed by atoms with Crippen LogP contribution in [0.1, 0.15) is 10.4 Å². The second kappa shape index (κ2) is 7.50. The summed E-state index contributed by atoms with van der Waals surface area (Å²) >= 11 is 4.83. The maximum absolute atomic E-state index is 12.0. The Morgan fingerprint density at radius 3 is 2.92 bits per heavy atom. The van der Waals surface area contributed by atoms with Crippen molar-refractivity contribution >= 4 is 33.2 Å². The van der Waals surface area contributed by atoms with E-state index < -0.39 is 0 Å². The molecule has 3 aromatic rings. The molecule has 3 heterocycles. The van der Waals surface area contributed by atoms with Crippen LogP contribution < -0.4 is 10.9 Å². The van der Waals surface area contributed by atoms with Gasteiger partial charge in [-0.25, -0.2) is 4.68 Å². The van der Waals surface area contributed by atoms with Crippen LogP contribution in [-0.2, 0) is 6.54 Å². The summed E-state index contributed by atoms with van der Waals surface area (Å²) in [6, 6.07) is 8.76. The summed E-state index contributed by atoms with van der Waals surface area (Å²) in [5, 5.41) is 9.06. The van der Waals surface area contributed by atoms with Crippen LogP contribution >= 0.6 is 27.3 Å². The highest BCUT2D eigenvalue weighted by Crippen LogP contribution is 2.20. The lowest BCUT2D eigenvalue weighted by Gasteiger charge is -2.08. The lowest BCUT2D eigenvalue weighted by atomic mass is 10.3. The molecule has 0 aromatic carbocycles. The Morgan fingerprint density at radius 2 is 2.17 bits per heavy atom. The number of nitrogens with zero attached hydrogens (tertiary/aromatic N) is 3. The maximum atomic E-state index is 12.0. The summed E-state index contributed by atoms with van der Waals surface area (Å²) in [4.78, 5) is 28.9. The third-order valence-electron chi connectivity index (χ3n) is 3.22. The number of hydrogen-bond acceptors (Lipinski definition) is 5. The van der Waals surface area contributed by atoms with Crippen LogP contribution in [0, 0.1) is 0 Å². The zero-order chi connectivity index (χ0) is 16.9. The van der Waals surface area contributed by atoms with Crippen molar-refractivity contribution in [3.05, 3.63) is 68.5 Å². The number of carbonyl (C=O) groups excluding carboxylic acids is 1. The Balaban J connectivity index is 1.65. The topological polar surface area (TPSA) is 76.9 Å². The molecule has 3 aromatic heterocycles. The van der Waals surface area contributed by atoms with Gasteiger partial charge in [0.15, 0.2) is 0 Å². The molecule has 0 saturated carbocycles. The van der Waals surface area contributed by atoms with Gasteiger partial charge in [0.25, 0.3) is 11.5 Å². The SMILES string of the molecule is O=C(NCCn1nc(-c2cccs2)ccc1=O)c1cncc(Br)c1. The van der Waals surface area contributed by atoms with Crippen molar-refractivity contribution in [2.75, 3.05) is 6.54 Å². The molecule has 0 radical (unpaired) electrons. The molecule has 0 atom stereocenters. The predicted octanol–water partition coefficient (Wildman–Crippen LogP) is 2.56. The van der Waals surface area contributed by atoms with Crippen molar-refractivity contribution in [3.63, 3.8) is 0 Å². The Hall–Kier alpha value is -2.32. The fraction of sp³-hybridized carbons (Fsp3) is 0.125. The molecule has 122 valence electrons. The van der Waals surface area contributed by atoms with Crippen LogP contribution in [0.25, 0.3) is 10.6 Å². The lowest BCUT2D eigenvalue weighted by Crippen LogP contribution is -2.32. The highest BCUT2D eigenvalue weighted by Gasteiger charge is 2.07. The maximum Gasteiger partial charge on any atom is 0.266 e. The minimum atomic E-state index is -0.244. The third kappa shape index (κ3) is 3.95. The van der Waals surface area contributed by atoms with E-state index in [9.17, 15) is 9.59 Å². The van der Waals surface area contributed by atoms with Crippen molar-refractivity contribution in [2.45, 2.75) is 6.54 Å². The molecule has 0 bridgehead atoms. The van der Waals surface area contributed by atoms with Gasteiger partial charge in [0.05, 0.1) is 17.0 Å². The average molecular weight is 405 g/mol. The smallest absolute Gasteiger partial charge is 0.266 e. The summed E-state index contributed by atoms with van der Waals surface area (Å²) in [7, 11) is 0. The van der Waals surface area contributed by atoms with Gasteiger partial charge >= 0.3 is 0 Å². The Morgan fingerprint density at radius 1 is 1.29 bits per heavy atom. The second-order valence-corrected chi connectivity index (χ2v) is 6.77. The number of carbonyl (C=O) groups is 1. The Bertz CT molecular complexity index is 908. The van der Waals surface area contributed by atoms with E-state index in [-0.39, 0.29) is 11.5 Å². The van der Waals surface area contributed by atoms with Crippen LogP contribution in [0.3, 0.4) is 0 Å². The molecular weight excluding hydrogens is 392 g/mol. The number of aromatic nitrogens is 3. The van der Waals surface area contributed by atoms with Gasteiger partial charge in [-0.3, -0.25) is 14.6 Å². The van der Waals surface area contributed by atoms with Gasteiger partial charge in [0, 0.05) is 29.5 Å². The molecule has 0 spiro atoms. The second-order valence-electron chi connectivity index (χ2n) is 4.90. The molecule has 24 heavy (non-hydrogen) atoms. The molecular formula is C16H13BrN4O2S. The van der Waals surface area contributed by atoms with E-state index in [1.165, 1.54) is 16.9 Å². The first-order valence-corrected chi connectivity index (χ1v) is 8.81. The Kier molecular flexibility index (Phi) is 5.17. The molecule has 1 amide bonds. The number of thiophene rings is 1. The van der Waals surface area contributed by atoms with E-state index in [1.54, 1.807) is 29.7 Å². The molecule has 0 aliphatic carbocycles. The van der Waals surface area contributed by atoms with Gasteiger partial charge in [0.2, 0.25) is 0 Å². The summed E-state index contributed by atoms with van der Waals surface area (Å²) in [5.41, 5.74) is 0.998. The zero-order valence-electron chi connectivity index (χ0n) is 12.5. The van der Waals surface area contributed by atoms with E-state index >= 15 is 0 Å². The molecule has 0 aliphatic rings. The van der Waals surface area contributed by atoms with Gasteiger partial charge in [-0.15, -0.1) is 11.3 Å². The summed E-state index contributed by atoms with van der Waals surface area (Å²) in [6.07, 6.45) is 3.10. The highest BCUT2D eigenvalue weighted by atomic mass is 79.9. The molecule has 0 aliphatic heterocycles. The summed E-state index contributed by atoms with van der Waals surface area (Å²) in [5.74, 6) is -0.244. The minimum absolute atomic E-state index is 0.200. The fourth-order valence-electron chi connectivity index (χ4n) is 2.08. The normalized spacial score (nSPS) is 10.5. The zero-order valence-corrected chi connectivity index (χ0v) is 14.9. The first-order chi connectivity index (χ1) is 11.6. The number of pyridine rings is 1. The van der Waals surface area contributed by atoms with Crippen LogP contribution in [0.15, 0.2) is 57.4 Å². The molecule has 3 rings (SSSR count). The first kappa shape index (κ1) is 16.5. The van der Waals surface area contributed by atoms with Gasteiger partial charge in [-0.1, -0.05) is 6.07 Å². The number of nitrogens with one attached hydrogen (secondary N) is 1. The summed E-state index contributed by atoms with van der Waals surface area (Å²) < 4.78 is 2.09. The van der Waals surface area contributed by atoms with Crippen molar-refractivity contribution in [1.82, 2.24) is 20.1 Å². The van der Waals surface area contributed by atoms with Crippen molar-refractivity contribution < 1.29 is 4.79 Å². The van der Waals surface area contributed by atoms with E-state index in [0.717, 1.165) is 15.0 Å². The number of halogens is 1. The first-order valence-electron chi connectivity index (χ1n) is 7.14. The number of rotatable bonds is 5. The average Bonchev–Trinajstić information content (AvgIpc) is 3.11. The molecule has 0 unspecified atom stereocenters. The minimum Gasteiger partial charge on any atom is -0.350 e. The monoisotopic (exact) mass is 404 g/mol. The quantitative estimate of drug-likeness (QED) is 0.708. The van der Waals surface area contributed by atoms with Gasteiger partial charge in [-0.05, 0) is 39.5 Å². The van der Waals surface area contributed by atoms with Crippen molar-refractivity contribution in [2.24, 2.45) is 0 Å². The lowest BCUT2D eigenvalue weighted by molar-refractivity contribution is 0.0951. The molecule has 8 heteroatoms. The summed E-state index contributed by atoms with van der Waals surface area (Å²) in [6.45, 7) is 0.595. The van der Waals surface area contributed by atoms with Crippen LogP contribution in [0.2, 0.25) is 0 Å². The van der Waals surface area contributed by atoms with Gasteiger partial charge < -0.3 is 5.32 Å². The van der Waals surface area contributed by atoms with E-state index in [1.807, 2.05) is 17.5 Å². The molecule has 0 saturated heterocycles. The standard InChI is InChI=1S/C16H13BrN4O2S/c17-12-8-11(9-18-10-12)16(23)19-5-6-21-15(22)4-3-13(20-21)14-2-1-7-24-14/h1-4,7-10H,5-6H2,(H,19,23). The van der Waals surface area contributed by atoms with Crippen molar-refractivity contribution in [1.29, 1.82) is 0 Å². The van der Waals surface area contributed by atoms with Crippen LogP contribution in [0.4, 0.5) is 0 Å². The molecule has 1 N–H and O–H groups in total. The fourth-order valence-corrected chi connectivity index (χ4v) is 3.13. The third-order valence-corrected chi connectivity index (χ3v) is 4.54. The number of hydrogen-bond donors (Lipinski definition) is 1. The molecule has 6 nitrogen and oxygen atoms in total. The molecule has 0 fully saturated rings. The predicted molar refractivity (Wildman–Crippen MR) is 96.1 cm³/mol. The van der Waals surface area contributed by atoms with Crippen molar-refractivity contribution in [3.8, 4) is 10.6 Å². The van der Waals surface area contributed by atoms with E-state index in [4.69, 9.17) is 0 Å². The van der Waals surface area contributed by atoms with Crippen LogP contribution in [-0.4, -0.2) is 27.2 Å². The largest absolute Gasteiger partial charge is 0.350 e. The highest BCUT2D eigenvalue weighted by molar-refractivity contribution is 9.10. The van der Waals surface area contributed by atoms with Gasteiger partial charge in [0.1, 0.15) is 5.69 Å². The Labute approximate surface area is 150 Å². The number of amides is 1.